The minimum absolute atomic E-state index is 0.134. The summed E-state index contributed by atoms with van der Waals surface area (Å²) >= 11 is 1.20. The first-order chi connectivity index (χ1) is 16.3. The molecule has 0 saturated heterocycles. The van der Waals surface area contributed by atoms with Gasteiger partial charge in [0.05, 0.1) is 17.1 Å². The van der Waals surface area contributed by atoms with Crippen molar-refractivity contribution in [1.82, 2.24) is 15.6 Å². The molecular weight excluding hydrogens is 432 g/mol. The third-order valence-electron chi connectivity index (χ3n) is 4.99. The molecule has 5 rings (SSSR count). The zero-order valence-electron chi connectivity index (χ0n) is 17.6. The minimum atomic E-state index is -0.182. The van der Waals surface area contributed by atoms with Crippen LogP contribution in [-0.4, -0.2) is 21.9 Å². The van der Waals surface area contributed by atoms with Crippen molar-refractivity contribution in [2.45, 2.75) is 5.22 Å². The van der Waals surface area contributed by atoms with E-state index in [0.717, 1.165) is 27.7 Å². The number of nitrogens with one attached hydrogen (secondary N) is 1. The van der Waals surface area contributed by atoms with E-state index in [1.165, 1.54) is 11.8 Å². The quantitative estimate of drug-likeness (QED) is 0.247. The van der Waals surface area contributed by atoms with Crippen molar-refractivity contribution in [3.8, 4) is 11.5 Å². The maximum absolute atomic E-state index is 12.7. The number of anilines is 2. The number of amides is 1. The number of nitrogens with zero attached hydrogens (tertiary/aromatic N) is 3. The van der Waals surface area contributed by atoms with Crippen LogP contribution in [0.1, 0.15) is 0 Å². The molecule has 5 aromatic rings. The Kier molecular flexibility index (Phi) is 6.04. The number of aromatic nitrogens is 2. The number of hydrogen-bond donors (Lipinski definition) is 1. The highest BCUT2D eigenvalue weighted by molar-refractivity contribution is 7.99. The van der Waals surface area contributed by atoms with Gasteiger partial charge in [-0.3, -0.25) is 15.2 Å². The second kappa shape index (κ2) is 9.58. The lowest BCUT2D eigenvalue weighted by molar-refractivity contribution is -0.118. The van der Waals surface area contributed by atoms with Crippen LogP contribution in [0.5, 0.6) is 0 Å². The molecule has 0 unspecified atom stereocenters. The molecular formula is C26H20N4O2S. The van der Waals surface area contributed by atoms with E-state index in [9.17, 15) is 4.79 Å². The third kappa shape index (κ3) is 4.88. The summed E-state index contributed by atoms with van der Waals surface area (Å²) in [5.41, 5.74) is 5.53. The molecule has 1 N–H and O–H groups in total. The second-order valence-corrected chi connectivity index (χ2v) is 8.19. The molecule has 0 aliphatic heterocycles. The third-order valence-corrected chi connectivity index (χ3v) is 5.81. The number of rotatable bonds is 7. The predicted octanol–water partition coefficient (Wildman–Crippen LogP) is 5.85. The summed E-state index contributed by atoms with van der Waals surface area (Å²) < 4.78 is 5.79. The van der Waals surface area contributed by atoms with Crippen molar-refractivity contribution in [2.75, 3.05) is 10.8 Å². The fourth-order valence-corrected chi connectivity index (χ4v) is 3.98. The predicted molar refractivity (Wildman–Crippen MR) is 131 cm³/mol. The van der Waals surface area contributed by atoms with Gasteiger partial charge in [-0.15, -0.1) is 10.2 Å². The first-order valence-corrected chi connectivity index (χ1v) is 11.4. The Morgan fingerprint density at radius 3 is 2.12 bits per heavy atom. The number of carbonyl (C=O) groups is 1. The van der Waals surface area contributed by atoms with Crippen LogP contribution in [0.2, 0.25) is 0 Å². The van der Waals surface area contributed by atoms with Crippen LogP contribution in [0, 0.1) is 0 Å². The Hall–Kier alpha value is -4.10. The summed E-state index contributed by atoms with van der Waals surface area (Å²) in [6.45, 7) is 0. The number of hydrogen-bond acceptors (Lipinski definition) is 6. The highest BCUT2D eigenvalue weighted by Gasteiger charge is 2.15. The van der Waals surface area contributed by atoms with E-state index in [0.29, 0.717) is 11.1 Å². The lowest BCUT2D eigenvalue weighted by atomic mass is 10.1. The summed E-state index contributed by atoms with van der Waals surface area (Å²) in [4.78, 5) is 12.7. The van der Waals surface area contributed by atoms with E-state index >= 15 is 0 Å². The first kappa shape index (κ1) is 20.8. The van der Waals surface area contributed by atoms with Crippen molar-refractivity contribution >= 4 is 39.8 Å². The first-order valence-electron chi connectivity index (χ1n) is 10.4. The molecule has 33 heavy (non-hydrogen) atoms. The van der Waals surface area contributed by atoms with Crippen molar-refractivity contribution in [2.24, 2.45) is 0 Å². The Labute approximate surface area is 195 Å². The van der Waals surface area contributed by atoms with E-state index in [-0.39, 0.29) is 11.7 Å². The molecule has 0 fully saturated rings. The molecule has 1 aromatic heterocycles. The Bertz CT molecular complexity index is 1330. The summed E-state index contributed by atoms with van der Waals surface area (Å²) in [6, 6.07) is 33.4. The Balaban J connectivity index is 1.26. The van der Waals surface area contributed by atoms with Crippen LogP contribution >= 0.6 is 11.8 Å². The SMILES string of the molecule is O=C(CSc1nnc(-c2ccc3ccccc3c2)o1)NN(c1ccccc1)c1ccccc1. The van der Waals surface area contributed by atoms with Crippen molar-refractivity contribution < 1.29 is 9.21 Å². The maximum atomic E-state index is 12.7. The van der Waals surface area contributed by atoms with Crippen LogP contribution < -0.4 is 10.4 Å². The number of benzene rings is 4. The molecule has 0 atom stereocenters. The zero-order chi connectivity index (χ0) is 22.5. The topological polar surface area (TPSA) is 71.3 Å². The Morgan fingerprint density at radius 1 is 0.788 bits per heavy atom. The van der Waals surface area contributed by atoms with Gasteiger partial charge >= 0.3 is 0 Å². The van der Waals surface area contributed by atoms with Crippen LogP contribution in [0.15, 0.2) is 113 Å². The largest absolute Gasteiger partial charge is 0.411 e. The van der Waals surface area contributed by atoms with Crippen LogP contribution in [0.4, 0.5) is 11.4 Å². The second-order valence-electron chi connectivity index (χ2n) is 7.27. The van der Waals surface area contributed by atoms with E-state index in [1.807, 2.05) is 97.1 Å². The molecule has 7 heteroatoms. The highest BCUT2D eigenvalue weighted by Crippen LogP contribution is 2.27. The lowest BCUT2D eigenvalue weighted by Crippen LogP contribution is -2.39. The molecule has 6 nitrogen and oxygen atoms in total. The van der Waals surface area contributed by atoms with Gasteiger partial charge in [0, 0.05) is 5.56 Å². The van der Waals surface area contributed by atoms with E-state index in [4.69, 9.17) is 4.42 Å². The van der Waals surface area contributed by atoms with Gasteiger partial charge in [0.2, 0.25) is 11.8 Å². The van der Waals surface area contributed by atoms with E-state index < -0.39 is 0 Å². The Morgan fingerprint density at radius 2 is 1.42 bits per heavy atom. The van der Waals surface area contributed by atoms with E-state index in [1.54, 1.807) is 5.01 Å². The van der Waals surface area contributed by atoms with Gasteiger partial charge in [-0.05, 0) is 47.2 Å². The number of para-hydroxylation sites is 2. The molecule has 162 valence electrons. The molecule has 0 aliphatic carbocycles. The molecule has 0 radical (unpaired) electrons. The number of fused-ring (bicyclic) bond motifs is 1. The molecule has 1 heterocycles. The van der Waals surface area contributed by atoms with Gasteiger partial charge in [-0.1, -0.05) is 78.5 Å². The average Bonchev–Trinajstić information content (AvgIpc) is 3.36. The average molecular weight is 453 g/mol. The zero-order valence-corrected chi connectivity index (χ0v) is 18.4. The van der Waals surface area contributed by atoms with E-state index in [2.05, 4.69) is 21.7 Å². The summed E-state index contributed by atoms with van der Waals surface area (Å²) in [6.07, 6.45) is 0. The summed E-state index contributed by atoms with van der Waals surface area (Å²) in [7, 11) is 0. The van der Waals surface area contributed by atoms with Crippen molar-refractivity contribution in [1.29, 1.82) is 0 Å². The molecule has 0 aliphatic rings. The fraction of sp³-hybridized carbons (Fsp3) is 0.0385. The molecule has 4 aromatic carbocycles. The number of carbonyl (C=O) groups excluding carboxylic acids is 1. The van der Waals surface area contributed by atoms with Crippen LogP contribution in [-0.2, 0) is 4.79 Å². The standard InChI is InChI=1S/C26H20N4O2S/c31-24(29-30(22-11-3-1-4-12-22)23-13-5-2-6-14-23)18-33-26-28-27-25(32-26)21-16-15-19-9-7-8-10-20(19)17-21/h1-17H,18H2,(H,29,31). The summed E-state index contributed by atoms with van der Waals surface area (Å²) in [5.74, 6) is 0.382. The fourth-order valence-electron chi connectivity index (χ4n) is 3.42. The van der Waals surface area contributed by atoms with Gasteiger partial charge in [0.1, 0.15) is 0 Å². The normalized spacial score (nSPS) is 10.8. The van der Waals surface area contributed by atoms with Crippen LogP contribution in [0.3, 0.4) is 0 Å². The lowest BCUT2D eigenvalue weighted by Gasteiger charge is -2.25. The molecule has 1 amide bonds. The van der Waals surface area contributed by atoms with Crippen molar-refractivity contribution in [3.63, 3.8) is 0 Å². The smallest absolute Gasteiger partial charge is 0.277 e. The molecule has 0 spiro atoms. The summed E-state index contributed by atoms with van der Waals surface area (Å²) in [5, 5.41) is 12.6. The van der Waals surface area contributed by atoms with Gasteiger partial charge in [0.15, 0.2) is 0 Å². The monoisotopic (exact) mass is 452 g/mol. The maximum Gasteiger partial charge on any atom is 0.277 e. The highest BCUT2D eigenvalue weighted by atomic mass is 32.2. The van der Waals surface area contributed by atoms with Gasteiger partial charge in [-0.25, -0.2) is 0 Å². The minimum Gasteiger partial charge on any atom is -0.411 e. The molecule has 0 bridgehead atoms. The van der Waals surface area contributed by atoms with Crippen LogP contribution in [0.25, 0.3) is 22.2 Å². The number of hydrazine groups is 1. The number of thioether (sulfide) groups is 1. The van der Waals surface area contributed by atoms with Gasteiger partial charge in [-0.2, -0.15) is 0 Å². The van der Waals surface area contributed by atoms with Gasteiger partial charge < -0.3 is 4.42 Å². The van der Waals surface area contributed by atoms with Crippen molar-refractivity contribution in [3.05, 3.63) is 103 Å². The van der Waals surface area contributed by atoms with Gasteiger partial charge in [0.25, 0.3) is 5.22 Å². The molecule has 0 saturated carbocycles.